The third-order valence-electron chi connectivity index (χ3n) is 2.05. The summed E-state index contributed by atoms with van der Waals surface area (Å²) in [5, 5.41) is 9.98. The Morgan fingerprint density at radius 1 is 1.15 bits per heavy atom. The topological polar surface area (TPSA) is 20.2 Å². The predicted octanol–water partition coefficient (Wildman–Crippen LogP) is 2.53. The monoisotopic (exact) mass is 212 g/mol. The van der Waals surface area contributed by atoms with Crippen LogP contribution in [0.25, 0.3) is 0 Å². The van der Waals surface area contributed by atoms with Gasteiger partial charge in [-0.25, -0.2) is 0 Å². The highest BCUT2D eigenvalue weighted by Gasteiger charge is 2.25. The maximum absolute atomic E-state index is 9.98. The fourth-order valence-corrected chi connectivity index (χ4v) is 4.24. The van der Waals surface area contributed by atoms with Crippen molar-refractivity contribution in [2.24, 2.45) is 0 Å². The first-order chi connectivity index (χ1) is 6.38. The SMILES string of the molecule is OC(c1ccccc1)C1SCCS1. The van der Waals surface area contributed by atoms with E-state index in [4.69, 9.17) is 0 Å². The van der Waals surface area contributed by atoms with Crippen molar-refractivity contribution in [3.8, 4) is 0 Å². The molecule has 1 fully saturated rings. The van der Waals surface area contributed by atoms with E-state index in [1.165, 1.54) is 11.5 Å². The van der Waals surface area contributed by atoms with Crippen LogP contribution in [0.1, 0.15) is 11.7 Å². The third-order valence-corrected chi connectivity index (χ3v) is 5.17. The van der Waals surface area contributed by atoms with Crippen LogP contribution >= 0.6 is 23.5 Å². The maximum Gasteiger partial charge on any atom is 0.1000 e. The molecule has 1 N–H and O–H groups in total. The van der Waals surface area contributed by atoms with E-state index in [0.717, 1.165) is 5.56 Å². The summed E-state index contributed by atoms with van der Waals surface area (Å²) >= 11 is 3.72. The molecule has 1 unspecified atom stereocenters. The molecule has 0 saturated carbocycles. The second-order valence-electron chi connectivity index (χ2n) is 2.97. The number of benzene rings is 1. The predicted molar refractivity (Wildman–Crippen MR) is 60.1 cm³/mol. The largest absolute Gasteiger partial charge is 0.386 e. The van der Waals surface area contributed by atoms with Crippen LogP contribution in [0.4, 0.5) is 0 Å². The van der Waals surface area contributed by atoms with E-state index in [2.05, 4.69) is 0 Å². The van der Waals surface area contributed by atoms with Crippen molar-refractivity contribution in [1.82, 2.24) is 0 Å². The number of hydrogen-bond donors (Lipinski definition) is 1. The normalized spacial score (nSPS) is 20.4. The lowest BCUT2D eigenvalue weighted by Crippen LogP contribution is -2.08. The Bertz CT molecular complexity index is 257. The van der Waals surface area contributed by atoms with E-state index in [1.54, 1.807) is 0 Å². The number of aliphatic hydroxyl groups is 1. The highest BCUT2D eigenvalue weighted by atomic mass is 32.2. The van der Waals surface area contributed by atoms with Crippen LogP contribution in [0.5, 0.6) is 0 Å². The summed E-state index contributed by atoms with van der Waals surface area (Å²) in [6.45, 7) is 0. The van der Waals surface area contributed by atoms with Crippen LogP contribution in [0.3, 0.4) is 0 Å². The van der Waals surface area contributed by atoms with Crippen molar-refractivity contribution in [3.05, 3.63) is 35.9 Å². The second kappa shape index (κ2) is 4.40. The molecule has 1 aliphatic rings. The Kier molecular flexibility index (Phi) is 3.19. The molecule has 13 heavy (non-hydrogen) atoms. The van der Waals surface area contributed by atoms with Gasteiger partial charge in [-0.1, -0.05) is 30.3 Å². The molecule has 0 radical (unpaired) electrons. The van der Waals surface area contributed by atoms with E-state index >= 15 is 0 Å². The Morgan fingerprint density at radius 2 is 1.77 bits per heavy atom. The molecule has 0 bridgehead atoms. The van der Waals surface area contributed by atoms with Gasteiger partial charge in [0.1, 0.15) is 0 Å². The van der Waals surface area contributed by atoms with Gasteiger partial charge in [-0.05, 0) is 5.56 Å². The van der Waals surface area contributed by atoms with E-state index in [1.807, 2.05) is 53.9 Å². The van der Waals surface area contributed by atoms with Gasteiger partial charge in [-0.3, -0.25) is 0 Å². The van der Waals surface area contributed by atoms with E-state index in [-0.39, 0.29) is 6.10 Å². The quantitative estimate of drug-likeness (QED) is 0.813. The Balaban J connectivity index is 2.08. The first kappa shape index (κ1) is 9.44. The van der Waals surface area contributed by atoms with Gasteiger partial charge in [0.15, 0.2) is 0 Å². The second-order valence-corrected chi connectivity index (χ2v) is 5.76. The standard InChI is InChI=1S/C10H12OS2/c11-9(10-12-6-7-13-10)8-4-2-1-3-5-8/h1-5,9-11H,6-7H2. The zero-order valence-corrected chi connectivity index (χ0v) is 8.85. The highest BCUT2D eigenvalue weighted by molar-refractivity contribution is 8.20. The van der Waals surface area contributed by atoms with Gasteiger partial charge in [0.05, 0.1) is 10.7 Å². The molecule has 0 spiro atoms. The molecule has 2 rings (SSSR count). The molecule has 70 valence electrons. The number of aliphatic hydroxyl groups excluding tert-OH is 1. The summed E-state index contributed by atoms with van der Waals surface area (Å²) in [5.41, 5.74) is 1.04. The maximum atomic E-state index is 9.98. The third kappa shape index (κ3) is 2.22. The molecule has 1 aromatic rings. The van der Waals surface area contributed by atoms with Gasteiger partial charge in [-0.15, -0.1) is 23.5 Å². The molecular formula is C10H12OS2. The molecule has 1 nitrogen and oxygen atoms in total. The first-order valence-electron chi connectivity index (χ1n) is 4.34. The van der Waals surface area contributed by atoms with Crippen LogP contribution in [0.15, 0.2) is 30.3 Å². The Hall–Kier alpha value is -0.120. The summed E-state index contributed by atoms with van der Waals surface area (Å²) < 4.78 is 0.336. The summed E-state index contributed by atoms with van der Waals surface area (Å²) in [7, 11) is 0. The molecule has 1 aliphatic heterocycles. The summed E-state index contributed by atoms with van der Waals surface area (Å²) in [4.78, 5) is 0. The minimum absolute atomic E-state index is 0.307. The fourth-order valence-electron chi connectivity index (χ4n) is 1.37. The van der Waals surface area contributed by atoms with Crippen LogP contribution in [0, 0.1) is 0 Å². The lowest BCUT2D eigenvalue weighted by atomic mass is 10.1. The van der Waals surface area contributed by atoms with Gasteiger partial charge in [0.25, 0.3) is 0 Å². The van der Waals surface area contributed by atoms with E-state index < -0.39 is 0 Å². The Labute approximate surface area is 86.9 Å². The van der Waals surface area contributed by atoms with Crippen molar-refractivity contribution >= 4 is 23.5 Å². The Morgan fingerprint density at radius 3 is 2.38 bits per heavy atom. The molecule has 1 atom stereocenters. The van der Waals surface area contributed by atoms with Crippen LogP contribution in [-0.2, 0) is 0 Å². The van der Waals surface area contributed by atoms with Crippen molar-refractivity contribution in [3.63, 3.8) is 0 Å². The zero-order chi connectivity index (χ0) is 9.10. The zero-order valence-electron chi connectivity index (χ0n) is 7.22. The summed E-state index contributed by atoms with van der Waals surface area (Å²) in [5.74, 6) is 2.33. The van der Waals surface area contributed by atoms with Crippen LogP contribution in [-0.4, -0.2) is 21.2 Å². The van der Waals surface area contributed by atoms with Crippen molar-refractivity contribution in [1.29, 1.82) is 0 Å². The molecule has 0 aromatic heterocycles. The average Bonchev–Trinajstić information content (AvgIpc) is 2.71. The van der Waals surface area contributed by atoms with Crippen molar-refractivity contribution < 1.29 is 5.11 Å². The van der Waals surface area contributed by atoms with Crippen molar-refractivity contribution in [2.75, 3.05) is 11.5 Å². The van der Waals surface area contributed by atoms with Gasteiger partial charge in [0, 0.05) is 11.5 Å². The molecule has 1 saturated heterocycles. The molecule has 1 heterocycles. The highest BCUT2D eigenvalue weighted by Crippen LogP contribution is 2.40. The molecular weight excluding hydrogens is 200 g/mol. The first-order valence-corrected chi connectivity index (χ1v) is 6.44. The molecule has 0 aliphatic carbocycles. The minimum atomic E-state index is -0.307. The van der Waals surface area contributed by atoms with E-state index in [9.17, 15) is 5.11 Å². The van der Waals surface area contributed by atoms with Crippen LogP contribution in [0.2, 0.25) is 0 Å². The van der Waals surface area contributed by atoms with Gasteiger partial charge in [0.2, 0.25) is 0 Å². The fraction of sp³-hybridized carbons (Fsp3) is 0.400. The lowest BCUT2D eigenvalue weighted by molar-refractivity contribution is 0.196. The molecule has 1 aromatic carbocycles. The smallest absolute Gasteiger partial charge is 0.1000 e. The summed E-state index contributed by atoms with van der Waals surface area (Å²) in [6.07, 6.45) is -0.307. The van der Waals surface area contributed by atoms with Crippen molar-refractivity contribution in [2.45, 2.75) is 10.7 Å². The molecule has 3 heteroatoms. The molecule has 0 amide bonds. The number of thioether (sulfide) groups is 2. The van der Waals surface area contributed by atoms with E-state index in [0.29, 0.717) is 4.58 Å². The van der Waals surface area contributed by atoms with Crippen LogP contribution < -0.4 is 0 Å². The number of rotatable bonds is 2. The lowest BCUT2D eigenvalue weighted by Gasteiger charge is -2.16. The van der Waals surface area contributed by atoms with Gasteiger partial charge >= 0.3 is 0 Å². The summed E-state index contributed by atoms with van der Waals surface area (Å²) in [6, 6.07) is 9.91. The number of hydrogen-bond acceptors (Lipinski definition) is 3. The van der Waals surface area contributed by atoms with Gasteiger partial charge < -0.3 is 5.11 Å². The average molecular weight is 212 g/mol. The van der Waals surface area contributed by atoms with Gasteiger partial charge in [-0.2, -0.15) is 0 Å². The minimum Gasteiger partial charge on any atom is -0.386 e.